The Bertz CT molecular complexity index is 288. The van der Waals surface area contributed by atoms with Gasteiger partial charge in [-0.2, -0.15) is 0 Å². The fraction of sp³-hybridized carbons (Fsp3) is 1.00. The second-order valence-corrected chi connectivity index (χ2v) is 10.3. The lowest BCUT2D eigenvalue weighted by Gasteiger charge is -2.20. The average Bonchev–Trinajstić information content (AvgIpc) is 2.63. The molecule has 4 heteroatoms. The van der Waals surface area contributed by atoms with Crippen molar-refractivity contribution in [3.8, 4) is 0 Å². The Morgan fingerprint density at radius 2 is 0.821 bits per heavy atom. The van der Waals surface area contributed by atoms with Gasteiger partial charge in [0.05, 0.1) is 0 Å². The van der Waals surface area contributed by atoms with E-state index in [4.69, 9.17) is 13.3 Å². The summed E-state index contributed by atoms with van der Waals surface area (Å²) in [7, 11) is -1.94. The lowest BCUT2D eigenvalue weighted by atomic mass is 10.0. The molecule has 0 N–H and O–H groups in total. The first-order chi connectivity index (χ1) is 13.6. The van der Waals surface area contributed by atoms with E-state index < -0.39 is 9.53 Å². The minimum atomic E-state index is -1.94. The molecule has 0 bridgehead atoms. The van der Waals surface area contributed by atoms with Gasteiger partial charge in [0.1, 0.15) is 0 Å². The maximum Gasteiger partial charge on any atom is 0.484 e. The molecule has 170 valence electrons. The third-order valence-corrected chi connectivity index (χ3v) is 7.06. The Kier molecular flexibility index (Phi) is 21.9. The summed E-state index contributed by atoms with van der Waals surface area (Å²) >= 11 is 0. The van der Waals surface area contributed by atoms with Crippen molar-refractivity contribution < 1.29 is 13.3 Å². The van der Waals surface area contributed by atoms with Crippen LogP contribution in [0.4, 0.5) is 0 Å². The van der Waals surface area contributed by atoms with Crippen LogP contribution >= 0.6 is 0 Å². The third-order valence-electron chi connectivity index (χ3n) is 5.02. The van der Waals surface area contributed by atoms with Crippen molar-refractivity contribution in [2.24, 2.45) is 0 Å². The van der Waals surface area contributed by atoms with Crippen LogP contribution in [0.1, 0.15) is 137 Å². The highest BCUT2D eigenvalue weighted by Gasteiger charge is 2.18. The predicted octanol–water partition coefficient (Wildman–Crippen LogP) is 7.83. The topological polar surface area (TPSA) is 27.7 Å². The average molecular weight is 417 g/mol. The van der Waals surface area contributed by atoms with Crippen molar-refractivity contribution in [1.29, 1.82) is 0 Å². The molecule has 0 fully saturated rings. The van der Waals surface area contributed by atoms with Crippen LogP contribution in [0.5, 0.6) is 0 Å². The zero-order chi connectivity index (χ0) is 20.9. The maximum atomic E-state index is 5.88. The van der Waals surface area contributed by atoms with E-state index >= 15 is 0 Å². The zero-order valence-corrected chi connectivity index (χ0v) is 21.1. The van der Waals surface area contributed by atoms with Crippen LogP contribution in [0.2, 0.25) is 0 Å². The molecule has 0 aliphatic carbocycles. The highest BCUT2D eigenvalue weighted by Crippen LogP contribution is 2.14. The molecule has 0 aliphatic rings. The molecule has 0 atom stereocenters. The number of unbranched alkanes of at least 4 members (excludes halogenated alkanes) is 15. The monoisotopic (exact) mass is 416 g/mol. The minimum Gasteiger partial charge on any atom is -0.376 e. The number of hydrogen-bond acceptors (Lipinski definition) is 3. The standard InChI is InChI=1S/C24H52O3Si/c1-6-7-8-9-10-11-12-13-14-15-16-17-18-19-20-21-22-25-28(26-23(2)3)27-24(4)5/h23-24,28H,6-22H2,1-5H3. The summed E-state index contributed by atoms with van der Waals surface area (Å²) in [5.74, 6) is 0. The summed E-state index contributed by atoms with van der Waals surface area (Å²) in [4.78, 5) is 0. The van der Waals surface area contributed by atoms with Gasteiger partial charge in [-0.1, -0.05) is 103 Å². The molecule has 0 amide bonds. The molecule has 0 aromatic rings. The molecule has 0 spiro atoms. The molecule has 28 heavy (non-hydrogen) atoms. The van der Waals surface area contributed by atoms with E-state index in [-0.39, 0.29) is 12.2 Å². The fourth-order valence-corrected chi connectivity index (χ4v) is 4.85. The van der Waals surface area contributed by atoms with Gasteiger partial charge in [-0.3, -0.25) is 0 Å². The molecule has 3 nitrogen and oxygen atoms in total. The van der Waals surface area contributed by atoms with Gasteiger partial charge < -0.3 is 13.3 Å². The second kappa shape index (κ2) is 21.8. The van der Waals surface area contributed by atoms with E-state index in [2.05, 4.69) is 6.92 Å². The fourth-order valence-electron chi connectivity index (χ4n) is 3.38. The van der Waals surface area contributed by atoms with E-state index in [0.717, 1.165) is 13.0 Å². The highest BCUT2D eigenvalue weighted by atomic mass is 28.3. The summed E-state index contributed by atoms with van der Waals surface area (Å²) in [5.41, 5.74) is 0. The summed E-state index contributed by atoms with van der Waals surface area (Å²) < 4.78 is 17.4. The van der Waals surface area contributed by atoms with E-state index in [1.54, 1.807) is 0 Å². The number of hydrogen-bond donors (Lipinski definition) is 0. The first-order valence-corrected chi connectivity index (χ1v) is 13.9. The van der Waals surface area contributed by atoms with Crippen LogP contribution in [-0.4, -0.2) is 28.3 Å². The Morgan fingerprint density at radius 1 is 0.500 bits per heavy atom. The second-order valence-electron chi connectivity index (χ2n) is 8.83. The van der Waals surface area contributed by atoms with Crippen molar-refractivity contribution in [3.63, 3.8) is 0 Å². The molecular weight excluding hydrogens is 364 g/mol. The van der Waals surface area contributed by atoms with Crippen molar-refractivity contribution in [2.45, 2.75) is 150 Å². The Balaban J connectivity index is 3.28. The van der Waals surface area contributed by atoms with Crippen molar-refractivity contribution in [2.75, 3.05) is 6.61 Å². The summed E-state index contributed by atoms with van der Waals surface area (Å²) in [6.45, 7) is 11.3. The normalized spacial score (nSPS) is 12.0. The van der Waals surface area contributed by atoms with Gasteiger partial charge in [-0.25, -0.2) is 0 Å². The van der Waals surface area contributed by atoms with E-state index in [9.17, 15) is 0 Å². The molecule has 0 aromatic heterocycles. The predicted molar refractivity (Wildman–Crippen MR) is 125 cm³/mol. The van der Waals surface area contributed by atoms with Crippen LogP contribution in [0.15, 0.2) is 0 Å². The molecule has 0 saturated heterocycles. The summed E-state index contributed by atoms with van der Waals surface area (Å²) in [5, 5.41) is 0. The molecule has 0 heterocycles. The van der Waals surface area contributed by atoms with Crippen LogP contribution in [0.3, 0.4) is 0 Å². The van der Waals surface area contributed by atoms with Gasteiger partial charge in [0.15, 0.2) is 0 Å². The quantitative estimate of drug-likeness (QED) is 0.133. The molecular formula is C24H52O3Si. The lowest BCUT2D eigenvalue weighted by molar-refractivity contribution is 0.0494. The molecule has 0 rings (SSSR count). The van der Waals surface area contributed by atoms with Crippen molar-refractivity contribution in [3.05, 3.63) is 0 Å². The SMILES string of the molecule is CCCCCCCCCCCCCCCCCCO[SiH](OC(C)C)OC(C)C. The molecule has 0 aliphatic heterocycles. The van der Waals surface area contributed by atoms with Gasteiger partial charge in [-0.15, -0.1) is 0 Å². The van der Waals surface area contributed by atoms with E-state index in [1.807, 2.05) is 27.7 Å². The third kappa shape index (κ3) is 22.4. The maximum absolute atomic E-state index is 5.88. The molecule has 0 unspecified atom stereocenters. The first-order valence-electron chi connectivity index (χ1n) is 12.5. The van der Waals surface area contributed by atoms with Crippen LogP contribution in [0, 0.1) is 0 Å². The van der Waals surface area contributed by atoms with Gasteiger partial charge in [-0.05, 0) is 34.1 Å². The van der Waals surface area contributed by atoms with E-state index in [1.165, 1.54) is 96.3 Å². The van der Waals surface area contributed by atoms with Gasteiger partial charge in [0, 0.05) is 18.8 Å². The molecule has 0 saturated carbocycles. The lowest BCUT2D eigenvalue weighted by Crippen LogP contribution is -2.33. The van der Waals surface area contributed by atoms with Crippen LogP contribution in [-0.2, 0) is 13.3 Å². The van der Waals surface area contributed by atoms with Crippen molar-refractivity contribution >= 4 is 9.53 Å². The first kappa shape index (κ1) is 28.1. The zero-order valence-electron chi connectivity index (χ0n) is 20.0. The highest BCUT2D eigenvalue weighted by molar-refractivity contribution is 6.36. The summed E-state index contributed by atoms with van der Waals surface area (Å²) in [6, 6.07) is 0. The Hall–Kier alpha value is 0.0969. The van der Waals surface area contributed by atoms with E-state index in [0.29, 0.717) is 0 Å². The van der Waals surface area contributed by atoms with Gasteiger partial charge >= 0.3 is 9.53 Å². The number of rotatable bonds is 22. The smallest absolute Gasteiger partial charge is 0.376 e. The molecule has 0 radical (unpaired) electrons. The largest absolute Gasteiger partial charge is 0.484 e. The van der Waals surface area contributed by atoms with Gasteiger partial charge in [0.25, 0.3) is 0 Å². The van der Waals surface area contributed by atoms with Gasteiger partial charge in [0.2, 0.25) is 0 Å². The van der Waals surface area contributed by atoms with Crippen molar-refractivity contribution in [1.82, 2.24) is 0 Å². The van der Waals surface area contributed by atoms with Crippen LogP contribution < -0.4 is 0 Å². The Labute approximate surface area is 179 Å². The molecule has 0 aromatic carbocycles. The Morgan fingerprint density at radius 3 is 1.14 bits per heavy atom. The minimum absolute atomic E-state index is 0.182. The summed E-state index contributed by atoms with van der Waals surface area (Å²) in [6.07, 6.45) is 22.7. The van der Waals surface area contributed by atoms with Crippen LogP contribution in [0.25, 0.3) is 0 Å².